The number of unbranched alkanes of at least 4 members (excludes halogenated alkanes) is 17. The molecule has 0 bridgehead atoms. The van der Waals surface area contributed by atoms with Crippen molar-refractivity contribution in [2.45, 2.75) is 162 Å². The van der Waals surface area contributed by atoms with E-state index in [1.165, 1.54) is 148 Å². The van der Waals surface area contributed by atoms with Crippen molar-refractivity contribution in [1.82, 2.24) is 9.80 Å². The fourth-order valence-electron chi connectivity index (χ4n) is 4.95. The molecular formula is C29H58N2. The average molecular weight is 435 g/mol. The van der Waals surface area contributed by atoms with E-state index in [0.29, 0.717) is 6.17 Å². The Bertz CT molecular complexity index is 392. The number of rotatable bonds is 23. The van der Waals surface area contributed by atoms with Crippen LogP contribution >= 0.6 is 0 Å². The molecule has 2 nitrogen and oxygen atoms in total. The fourth-order valence-corrected chi connectivity index (χ4v) is 4.95. The van der Waals surface area contributed by atoms with Crippen LogP contribution in [-0.4, -0.2) is 29.1 Å². The van der Waals surface area contributed by atoms with E-state index >= 15 is 0 Å². The topological polar surface area (TPSA) is 6.48 Å². The lowest BCUT2D eigenvalue weighted by atomic mass is 10.0. The van der Waals surface area contributed by atoms with Gasteiger partial charge in [0.1, 0.15) is 6.17 Å². The highest BCUT2D eigenvalue weighted by Crippen LogP contribution is 2.23. The summed E-state index contributed by atoms with van der Waals surface area (Å²) < 4.78 is 0. The van der Waals surface area contributed by atoms with Crippen LogP contribution < -0.4 is 0 Å². The van der Waals surface area contributed by atoms with Gasteiger partial charge in [-0.25, -0.2) is 0 Å². The van der Waals surface area contributed by atoms with E-state index < -0.39 is 0 Å². The highest BCUT2D eigenvalue weighted by atomic mass is 15.4. The molecule has 0 saturated heterocycles. The summed E-state index contributed by atoms with van der Waals surface area (Å²) in [6, 6.07) is 0. The van der Waals surface area contributed by atoms with Crippen molar-refractivity contribution in [2.24, 2.45) is 0 Å². The summed E-state index contributed by atoms with van der Waals surface area (Å²) >= 11 is 0. The van der Waals surface area contributed by atoms with Gasteiger partial charge in [-0.15, -0.1) is 0 Å². The van der Waals surface area contributed by atoms with E-state index in [1.54, 1.807) is 0 Å². The van der Waals surface area contributed by atoms with Gasteiger partial charge in [0.15, 0.2) is 0 Å². The van der Waals surface area contributed by atoms with E-state index in [1.807, 2.05) is 0 Å². The van der Waals surface area contributed by atoms with Crippen molar-refractivity contribution in [1.29, 1.82) is 0 Å². The summed E-state index contributed by atoms with van der Waals surface area (Å²) in [7, 11) is 0. The first-order valence-electron chi connectivity index (χ1n) is 14.5. The van der Waals surface area contributed by atoms with Crippen LogP contribution in [0.3, 0.4) is 0 Å². The van der Waals surface area contributed by atoms with Gasteiger partial charge in [-0.05, 0) is 25.7 Å². The van der Waals surface area contributed by atoms with Gasteiger partial charge >= 0.3 is 0 Å². The molecule has 0 fully saturated rings. The summed E-state index contributed by atoms with van der Waals surface area (Å²) in [4.78, 5) is 5.33. The Morgan fingerprint density at radius 2 is 0.742 bits per heavy atom. The average Bonchev–Trinajstić information content (AvgIpc) is 3.16. The van der Waals surface area contributed by atoms with E-state index in [-0.39, 0.29) is 0 Å². The first-order valence-corrected chi connectivity index (χ1v) is 14.5. The second kappa shape index (κ2) is 21.2. The third-order valence-electron chi connectivity index (χ3n) is 7.07. The van der Waals surface area contributed by atoms with Crippen LogP contribution in [0.25, 0.3) is 0 Å². The Labute approximate surface area is 197 Å². The lowest BCUT2D eigenvalue weighted by Gasteiger charge is -2.33. The summed E-state index contributed by atoms with van der Waals surface area (Å²) in [5, 5.41) is 0. The minimum Gasteiger partial charge on any atom is -0.356 e. The minimum absolute atomic E-state index is 0.644. The van der Waals surface area contributed by atoms with Crippen LogP contribution in [0.15, 0.2) is 12.4 Å². The van der Waals surface area contributed by atoms with Crippen molar-refractivity contribution in [3.63, 3.8) is 0 Å². The van der Waals surface area contributed by atoms with Gasteiger partial charge in [0.2, 0.25) is 0 Å². The van der Waals surface area contributed by atoms with Crippen LogP contribution in [0.1, 0.15) is 156 Å². The molecule has 0 aliphatic carbocycles. The molecule has 1 heterocycles. The molecule has 0 aromatic rings. The first-order chi connectivity index (χ1) is 15.3. The Hall–Kier alpha value is -0.660. The lowest BCUT2D eigenvalue weighted by molar-refractivity contribution is 0.135. The van der Waals surface area contributed by atoms with Crippen LogP contribution in [0.5, 0.6) is 0 Å². The Balaban J connectivity index is 2.21. The van der Waals surface area contributed by atoms with E-state index in [4.69, 9.17) is 0 Å². The van der Waals surface area contributed by atoms with Gasteiger partial charge in [0.05, 0.1) is 0 Å². The Kier molecular flexibility index (Phi) is 19.4. The molecule has 1 unspecified atom stereocenters. The van der Waals surface area contributed by atoms with Crippen molar-refractivity contribution < 1.29 is 0 Å². The normalized spacial score (nSPS) is 16.0. The number of hydrogen-bond acceptors (Lipinski definition) is 2. The molecule has 1 aliphatic heterocycles. The molecular weight excluding hydrogens is 376 g/mol. The maximum absolute atomic E-state index is 2.67. The highest BCUT2D eigenvalue weighted by molar-refractivity contribution is 4.96. The molecule has 1 aliphatic rings. The maximum Gasteiger partial charge on any atom is 0.101 e. The fraction of sp³-hybridized carbons (Fsp3) is 0.931. The van der Waals surface area contributed by atoms with Crippen LogP contribution in [0.2, 0.25) is 0 Å². The third kappa shape index (κ3) is 14.9. The monoisotopic (exact) mass is 434 g/mol. The summed E-state index contributed by atoms with van der Waals surface area (Å²) in [6.07, 6.45) is 35.1. The maximum atomic E-state index is 2.67. The third-order valence-corrected chi connectivity index (χ3v) is 7.07. The summed E-state index contributed by atoms with van der Waals surface area (Å²) in [6.45, 7) is 9.44. The van der Waals surface area contributed by atoms with Crippen molar-refractivity contribution >= 4 is 0 Å². The highest BCUT2D eigenvalue weighted by Gasteiger charge is 2.24. The van der Waals surface area contributed by atoms with Crippen molar-refractivity contribution in [3.8, 4) is 0 Å². The molecule has 31 heavy (non-hydrogen) atoms. The Morgan fingerprint density at radius 3 is 1.19 bits per heavy atom. The second-order valence-electron chi connectivity index (χ2n) is 10.1. The minimum atomic E-state index is 0.644. The van der Waals surface area contributed by atoms with Crippen molar-refractivity contribution in [2.75, 3.05) is 13.1 Å². The quantitative estimate of drug-likeness (QED) is 0.148. The van der Waals surface area contributed by atoms with E-state index in [0.717, 1.165) is 0 Å². The van der Waals surface area contributed by atoms with E-state index in [9.17, 15) is 0 Å². The largest absolute Gasteiger partial charge is 0.356 e. The van der Waals surface area contributed by atoms with Gasteiger partial charge in [0, 0.05) is 25.5 Å². The van der Waals surface area contributed by atoms with Gasteiger partial charge < -0.3 is 9.80 Å². The lowest BCUT2D eigenvalue weighted by Crippen LogP contribution is -2.39. The zero-order valence-electron chi connectivity index (χ0n) is 21.9. The van der Waals surface area contributed by atoms with E-state index in [2.05, 4.69) is 43.0 Å². The smallest absolute Gasteiger partial charge is 0.101 e. The standard InChI is InChI=1S/C29H58N2/c1-4-7-10-12-14-15-16-17-19-21-24-29-30(25-22-9-6-3)27-28-31(29)26-23-20-18-13-11-8-5-2/h27-29H,4-26H2,1-3H3. The summed E-state index contributed by atoms with van der Waals surface area (Å²) in [5.74, 6) is 0. The van der Waals surface area contributed by atoms with Gasteiger partial charge in [-0.2, -0.15) is 0 Å². The zero-order chi connectivity index (χ0) is 22.4. The second-order valence-corrected chi connectivity index (χ2v) is 10.1. The molecule has 1 atom stereocenters. The first kappa shape index (κ1) is 28.4. The van der Waals surface area contributed by atoms with Gasteiger partial charge in [-0.3, -0.25) is 0 Å². The predicted molar refractivity (Wildman–Crippen MR) is 140 cm³/mol. The van der Waals surface area contributed by atoms with Crippen LogP contribution in [0.4, 0.5) is 0 Å². The molecule has 0 radical (unpaired) electrons. The Morgan fingerprint density at radius 1 is 0.419 bits per heavy atom. The zero-order valence-corrected chi connectivity index (χ0v) is 21.9. The molecule has 0 spiro atoms. The van der Waals surface area contributed by atoms with Crippen molar-refractivity contribution in [3.05, 3.63) is 12.4 Å². The summed E-state index contributed by atoms with van der Waals surface area (Å²) in [5.41, 5.74) is 0. The van der Waals surface area contributed by atoms with Gasteiger partial charge in [-0.1, -0.05) is 130 Å². The molecule has 0 amide bonds. The van der Waals surface area contributed by atoms with Crippen LogP contribution in [-0.2, 0) is 0 Å². The molecule has 0 aromatic heterocycles. The number of hydrogen-bond donors (Lipinski definition) is 0. The molecule has 2 heteroatoms. The number of nitrogens with zero attached hydrogens (tertiary/aromatic N) is 2. The molecule has 0 aromatic carbocycles. The SMILES string of the molecule is CCCCCCCCCCCCC1N(CCCCC)C=CN1CCCCCCCCC. The van der Waals surface area contributed by atoms with Gasteiger partial charge in [0.25, 0.3) is 0 Å². The molecule has 0 N–H and O–H groups in total. The predicted octanol–water partition coefficient (Wildman–Crippen LogP) is 9.65. The molecule has 1 rings (SSSR count). The molecule has 0 saturated carbocycles. The van der Waals surface area contributed by atoms with Crippen LogP contribution in [0, 0.1) is 0 Å². The molecule has 184 valence electrons.